The fourth-order valence-electron chi connectivity index (χ4n) is 2.51. The second-order valence-corrected chi connectivity index (χ2v) is 5.06. The monoisotopic (exact) mass is 266 g/mol. The third-order valence-electron chi connectivity index (χ3n) is 3.73. The van der Waals surface area contributed by atoms with Crippen molar-refractivity contribution in [2.24, 2.45) is 5.84 Å². The van der Waals surface area contributed by atoms with Gasteiger partial charge in [-0.05, 0) is 46.0 Å². The van der Waals surface area contributed by atoms with Crippen LogP contribution >= 0.6 is 0 Å². The maximum atomic E-state index is 11.4. The van der Waals surface area contributed by atoms with Crippen molar-refractivity contribution >= 4 is 5.91 Å². The van der Waals surface area contributed by atoms with Gasteiger partial charge in [0.2, 0.25) is 0 Å². The first-order chi connectivity index (χ1) is 9.11. The SMILES string of the molecule is Cc1oc(C(=O)NN)cc1CN(C)C1CCNCC1. The van der Waals surface area contributed by atoms with Crippen molar-refractivity contribution in [2.75, 3.05) is 20.1 Å². The molecule has 19 heavy (non-hydrogen) atoms. The van der Waals surface area contributed by atoms with E-state index in [-0.39, 0.29) is 11.7 Å². The summed E-state index contributed by atoms with van der Waals surface area (Å²) in [5, 5.41) is 3.36. The second-order valence-electron chi connectivity index (χ2n) is 5.06. The molecule has 2 heterocycles. The Morgan fingerprint density at radius 2 is 2.26 bits per heavy atom. The van der Waals surface area contributed by atoms with Gasteiger partial charge in [-0.1, -0.05) is 0 Å². The van der Waals surface area contributed by atoms with Crippen molar-refractivity contribution < 1.29 is 9.21 Å². The molecule has 6 nitrogen and oxygen atoms in total. The highest BCUT2D eigenvalue weighted by atomic mass is 16.4. The number of nitrogens with one attached hydrogen (secondary N) is 2. The molecule has 0 bridgehead atoms. The van der Waals surface area contributed by atoms with Gasteiger partial charge in [-0.25, -0.2) is 5.84 Å². The van der Waals surface area contributed by atoms with E-state index in [4.69, 9.17) is 10.3 Å². The highest BCUT2D eigenvalue weighted by Gasteiger charge is 2.20. The van der Waals surface area contributed by atoms with Crippen molar-refractivity contribution in [3.8, 4) is 0 Å². The van der Waals surface area contributed by atoms with E-state index in [9.17, 15) is 4.79 Å². The van der Waals surface area contributed by atoms with Crippen LogP contribution in [0.2, 0.25) is 0 Å². The zero-order valence-electron chi connectivity index (χ0n) is 11.5. The average Bonchev–Trinajstić information content (AvgIpc) is 2.80. The number of hydrogen-bond acceptors (Lipinski definition) is 5. The number of aryl methyl sites for hydroxylation is 1. The molecular formula is C13H22N4O2. The molecule has 0 aliphatic carbocycles. The molecule has 0 radical (unpaired) electrons. The quantitative estimate of drug-likeness (QED) is 0.417. The fourth-order valence-corrected chi connectivity index (χ4v) is 2.51. The van der Waals surface area contributed by atoms with Crippen molar-refractivity contribution in [3.05, 3.63) is 23.2 Å². The van der Waals surface area contributed by atoms with Gasteiger partial charge in [-0.15, -0.1) is 0 Å². The first kappa shape index (κ1) is 14.0. The van der Waals surface area contributed by atoms with Crippen LogP contribution in [0.4, 0.5) is 0 Å². The van der Waals surface area contributed by atoms with Gasteiger partial charge in [0.1, 0.15) is 5.76 Å². The Bertz CT molecular complexity index is 438. The minimum atomic E-state index is -0.390. The summed E-state index contributed by atoms with van der Waals surface area (Å²) in [5.41, 5.74) is 3.13. The highest BCUT2D eigenvalue weighted by molar-refractivity contribution is 5.91. The maximum absolute atomic E-state index is 11.4. The molecule has 4 N–H and O–H groups in total. The minimum Gasteiger partial charge on any atom is -0.456 e. The minimum absolute atomic E-state index is 0.272. The summed E-state index contributed by atoms with van der Waals surface area (Å²) in [6.45, 7) is 4.80. The summed E-state index contributed by atoms with van der Waals surface area (Å²) in [4.78, 5) is 13.7. The molecule has 1 fully saturated rings. The van der Waals surface area contributed by atoms with Crippen LogP contribution < -0.4 is 16.6 Å². The van der Waals surface area contributed by atoms with Crippen LogP contribution in [-0.2, 0) is 6.54 Å². The van der Waals surface area contributed by atoms with Gasteiger partial charge in [0.25, 0.3) is 0 Å². The molecule has 2 rings (SSSR count). The number of hydrogen-bond donors (Lipinski definition) is 3. The van der Waals surface area contributed by atoms with E-state index < -0.39 is 0 Å². The zero-order chi connectivity index (χ0) is 13.8. The summed E-state index contributed by atoms with van der Waals surface area (Å²) < 4.78 is 5.42. The Kier molecular flexibility index (Phi) is 4.57. The van der Waals surface area contributed by atoms with Gasteiger partial charge in [0.15, 0.2) is 5.76 Å². The molecule has 1 aliphatic heterocycles. The van der Waals surface area contributed by atoms with E-state index in [2.05, 4.69) is 22.7 Å². The van der Waals surface area contributed by atoms with E-state index in [0.29, 0.717) is 6.04 Å². The number of piperidine rings is 1. The number of hydrazine groups is 1. The maximum Gasteiger partial charge on any atom is 0.300 e. The fraction of sp³-hybridized carbons (Fsp3) is 0.615. The van der Waals surface area contributed by atoms with Crippen molar-refractivity contribution in [2.45, 2.75) is 32.4 Å². The summed E-state index contributed by atoms with van der Waals surface area (Å²) in [5.74, 6) is 5.76. The zero-order valence-corrected chi connectivity index (χ0v) is 11.5. The molecular weight excluding hydrogens is 244 g/mol. The number of rotatable bonds is 4. The van der Waals surface area contributed by atoms with Gasteiger partial charge >= 0.3 is 5.91 Å². The number of nitrogens with zero attached hydrogens (tertiary/aromatic N) is 1. The molecule has 1 amide bonds. The van der Waals surface area contributed by atoms with E-state index >= 15 is 0 Å². The van der Waals surface area contributed by atoms with Crippen molar-refractivity contribution in [1.82, 2.24) is 15.6 Å². The predicted octanol–water partition coefficient (Wildman–Crippen LogP) is 0.375. The number of carbonyl (C=O) groups excluding carboxylic acids is 1. The van der Waals surface area contributed by atoms with Crippen LogP contribution in [0.1, 0.15) is 34.7 Å². The summed E-state index contributed by atoms with van der Waals surface area (Å²) in [6.07, 6.45) is 2.31. The molecule has 0 spiro atoms. The standard InChI is InChI=1S/C13H22N4O2/c1-9-10(7-12(19-9)13(18)16-14)8-17(2)11-3-5-15-6-4-11/h7,11,15H,3-6,8,14H2,1-2H3,(H,16,18). The summed E-state index contributed by atoms with van der Waals surface area (Å²) >= 11 is 0. The van der Waals surface area contributed by atoms with Crippen LogP contribution in [0.5, 0.6) is 0 Å². The summed E-state index contributed by atoms with van der Waals surface area (Å²) in [7, 11) is 2.12. The lowest BCUT2D eigenvalue weighted by atomic mass is 10.0. The lowest BCUT2D eigenvalue weighted by Gasteiger charge is -2.31. The molecule has 106 valence electrons. The number of amides is 1. The Morgan fingerprint density at radius 3 is 2.89 bits per heavy atom. The molecule has 0 saturated carbocycles. The Hall–Kier alpha value is -1.37. The lowest BCUT2D eigenvalue weighted by Crippen LogP contribution is -2.40. The number of carbonyl (C=O) groups is 1. The van der Waals surface area contributed by atoms with Crippen LogP contribution in [0, 0.1) is 6.92 Å². The van der Waals surface area contributed by atoms with E-state index in [1.807, 2.05) is 6.92 Å². The molecule has 1 aromatic heterocycles. The third kappa shape index (κ3) is 3.34. The van der Waals surface area contributed by atoms with Crippen LogP contribution in [0.3, 0.4) is 0 Å². The Labute approximate surface area is 113 Å². The molecule has 1 aromatic rings. The molecule has 0 atom stereocenters. The molecule has 6 heteroatoms. The van der Waals surface area contributed by atoms with Crippen LogP contribution in [0.25, 0.3) is 0 Å². The first-order valence-electron chi connectivity index (χ1n) is 6.63. The molecule has 0 aromatic carbocycles. The molecule has 1 aliphatic rings. The predicted molar refractivity (Wildman–Crippen MR) is 72.5 cm³/mol. The van der Waals surface area contributed by atoms with Gasteiger partial charge in [-0.2, -0.15) is 0 Å². The average molecular weight is 266 g/mol. The second kappa shape index (κ2) is 6.18. The van der Waals surface area contributed by atoms with Crippen molar-refractivity contribution in [3.63, 3.8) is 0 Å². The van der Waals surface area contributed by atoms with Gasteiger partial charge < -0.3 is 9.73 Å². The molecule has 0 unspecified atom stereocenters. The number of nitrogen functional groups attached to an aromatic ring is 1. The largest absolute Gasteiger partial charge is 0.456 e. The topological polar surface area (TPSA) is 83.5 Å². The third-order valence-corrected chi connectivity index (χ3v) is 3.73. The van der Waals surface area contributed by atoms with Crippen LogP contribution in [-0.4, -0.2) is 37.0 Å². The number of nitrogens with two attached hydrogens (primary N) is 1. The molecule has 1 saturated heterocycles. The van der Waals surface area contributed by atoms with E-state index in [1.165, 1.54) is 0 Å². The lowest BCUT2D eigenvalue weighted by molar-refractivity contribution is 0.0924. The van der Waals surface area contributed by atoms with Crippen LogP contribution in [0.15, 0.2) is 10.5 Å². The highest BCUT2D eigenvalue weighted by Crippen LogP contribution is 2.19. The normalized spacial score (nSPS) is 16.8. The van der Waals surface area contributed by atoms with Crippen molar-refractivity contribution in [1.29, 1.82) is 0 Å². The van der Waals surface area contributed by atoms with Gasteiger partial charge in [0.05, 0.1) is 0 Å². The van der Waals surface area contributed by atoms with E-state index in [0.717, 1.165) is 43.8 Å². The van der Waals surface area contributed by atoms with Gasteiger partial charge in [0, 0.05) is 18.2 Å². The number of furan rings is 1. The Balaban J connectivity index is 2.01. The smallest absolute Gasteiger partial charge is 0.300 e. The first-order valence-corrected chi connectivity index (χ1v) is 6.63. The van der Waals surface area contributed by atoms with Gasteiger partial charge in [-0.3, -0.25) is 15.1 Å². The Morgan fingerprint density at radius 1 is 1.58 bits per heavy atom. The summed E-state index contributed by atoms with van der Waals surface area (Å²) in [6, 6.07) is 2.36. The van der Waals surface area contributed by atoms with E-state index in [1.54, 1.807) is 6.07 Å².